The van der Waals surface area contributed by atoms with Crippen molar-refractivity contribution in [3.63, 3.8) is 0 Å². The van der Waals surface area contributed by atoms with Crippen molar-refractivity contribution in [1.82, 2.24) is 0 Å². The predicted octanol–water partition coefficient (Wildman–Crippen LogP) is 3.16. The van der Waals surface area contributed by atoms with E-state index in [2.05, 4.69) is 0 Å². The number of hydrogen-bond acceptors (Lipinski definition) is 2. The number of carbonyl (C=O) groups excluding carboxylic acids is 1. The summed E-state index contributed by atoms with van der Waals surface area (Å²) >= 11 is 11.7. The Kier molecular flexibility index (Phi) is 4.14. The molecule has 1 unspecified atom stereocenters. The van der Waals surface area contributed by atoms with Gasteiger partial charge in [0, 0.05) is 5.56 Å². The first-order valence-electron chi connectivity index (χ1n) is 4.69. The van der Waals surface area contributed by atoms with Gasteiger partial charge in [-0.05, 0) is 18.1 Å². The van der Waals surface area contributed by atoms with Gasteiger partial charge in [-0.3, -0.25) is 4.79 Å². The predicted molar refractivity (Wildman–Crippen MR) is 63.6 cm³/mol. The molecule has 0 aliphatic carbocycles. The van der Waals surface area contributed by atoms with Crippen molar-refractivity contribution in [3.05, 3.63) is 33.8 Å². The second-order valence-corrected chi connectivity index (χ2v) is 4.52. The lowest BCUT2D eigenvalue weighted by Crippen LogP contribution is -2.35. The molecule has 0 aliphatic rings. The smallest absolute Gasteiger partial charge is 0.181 e. The van der Waals surface area contributed by atoms with Gasteiger partial charge in [0.1, 0.15) is 0 Å². The summed E-state index contributed by atoms with van der Waals surface area (Å²) in [5.41, 5.74) is 6.15. The number of nitrogens with two attached hydrogens (primary N) is 1. The summed E-state index contributed by atoms with van der Waals surface area (Å²) in [4.78, 5) is 11.9. The lowest BCUT2D eigenvalue weighted by Gasteiger charge is -2.15. The number of carbonyl (C=O) groups is 1. The van der Waals surface area contributed by atoms with Gasteiger partial charge in [0.15, 0.2) is 5.78 Å². The van der Waals surface area contributed by atoms with Gasteiger partial charge >= 0.3 is 0 Å². The molecule has 0 spiro atoms. The fourth-order valence-electron chi connectivity index (χ4n) is 1.18. The van der Waals surface area contributed by atoms with Gasteiger partial charge in [-0.2, -0.15) is 0 Å². The van der Waals surface area contributed by atoms with E-state index in [1.807, 2.05) is 13.8 Å². The van der Waals surface area contributed by atoms with Gasteiger partial charge in [0.25, 0.3) is 0 Å². The highest BCUT2D eigenvalue weighted by Gasteiger charge is 2.21. The summed E-state index contributed by atoms with van der Waals surface area (Å²) in [5.74, 6) is -0.0925. The molecule has 1 aromatic carbocycles. The molecule has 0 aromatic heterocycles. The molecule has 0 heterocycles. The van der Waals surface area contributed by atoms with Crippen molar-refractivity contribution in [1.29, 1.82) is 0 Å². The molecule has 0 aliphatic heterocycles. The van der Waals surface area contributed by atoms with E-state index >= 15 is 0 Å². The number of hydrogen-bond donors (Lipinski definition) is 1. The fourth-order valence-corrected chi connectivity index (χ4v) is 1.57. The summed E-state index contributed by atoms with van der Waals surface area (Å²) < 4.78 is 0. The average Bonchev–Trinajstić information content (AvgIpc) is 2.20. The second kappa shape index (κ2) is 4.97. The average molecular weight is 246 g/mol. The molecule has 2 N–H and O–H groups in total. The van der Waals surface area contributed by atoms with Crippen LogP contribution in [0.3, 0.4) is 0 Å². The number of Topliss-reactive ketones (excluding diaryl/α,β-unsaturated/α-hetero) is 1. The Morgan fingerprint density at radius 2 is 1.93 bits per heavy atom. The van der Waals surface area contributed by atoms with Gasteiger partial charge in [-0.1, -0.05) is 43.1 Å². The third-order valence-corrected chi connectivity index (χ3v) is 3.06. The Hall–Kier alpha value is -0.570. The Bertz CT molecular complexity index is 377. The van der Waals surface area contributed by atoms with Crippen LogP contribution in [0.5, 0.6) is 0 Å². The van der Waals surface area contributed by atoms with Crippen molar-refractivity contribution in [2.24, 2.45) is 11.7 Å². The molecule has 82 valence electrons. The number of halogens is 2. The number of benzene rings is 1. The van der Waals surface area contributed by atoms with E-state index < -0.39 is 6.04 Å². The third-order valence-electron chi connectivity index (χ3n) is 2.24. The van der Waals surface area contributed by atoms with Crippen LogP contribution in [0.15, 0.2) is 18.2 Å². The van der Waals surface area contributed by atoms with Crippen molar-refractivity contribution in [3.8, 4) is 0 Å². The van der Waals surface area contributed by atoms with Gasteiger partial charge < -0.3 is 5.73 Å². The van der Waals surface area contributed by atoms with Crippen LogP contribution in [-0.2, 0) is 0 Å². The normalized spacial score (nSPS) is 12.9. The Morgan fingerprint density at radius 1 is 1.33 bits per heavy atom. The Labute approximate surface area is 99.4 Å². The maximum atomic E-state index is 11.9. The van der Waals surface area contributed by atoms with E-state index in [1.165, 1.54) is 0 Å². The van der Waals surface area contributed by atoms with E-state index in [1.54, 1.807) is 18.2 Å². The van der Waals surface area contributed by atoms with Crippen molar-refractivity contribution in [2.75, 3.05) is 0 Å². The SMILES string of the molecule is CC(C)C(N)C(=O)c1cccc(Cl)c1Cl. The van der Waals surface area contributed by atoms with E-state index in [-0.39, 0.29) is 16.7 Å². The van der Waals surface area contributed by atoms with Crippen molar-refractivity contribution in [2.45, 2.75) is 19.9 Å². The quantitative estimate of drug-likeness (QED) is 0.832. The van der Waals surface area contributed by atoms with Gasteiger partial charge in [0.05, 0.1) is 16.1 Å². The molecule has 1 rings (SSSR count). The first-order valence-corrected chi connectivity index (χ1v) is 5.44. The molecule has 0 fully saturated rings. The lowest BCUT2D eigenvalue weighted by atomic mass is 9.96. The maximum absolute atomic E-state index is 11.9. The van der Waals surface area contributed by atoms with Crippen LogP contribution >= 0.6 is 23.2 Å². The molecule has 0 bridgehead atoms. The first kappa shape index (κ1) is 12.5. The summed E-state index contributed by atoms with van der Waals surface area (Å²) in [5, 5.41) is 0.652. The molecule has 0 amide bonds. The van der Waals surface area contributed by atoms with E-state index in [0.717, 1.165) is 0 Å². The molecule has 1 atom stereocenters. The zero-order valence-electron chi connectivity index (χ0n) is 8.63. The van der Waals surface area contributed by atoms with Crippen LogP contribution in [0.25, 0.3) is 0 Å². The molecule has 15 heavy (non-hydrogen) atoms. The van der Waals surface area contributed by atoms with Gasteiger partial charge in [-0.15, -0.1) is 0 Å². The molecule has 2 nitrogen and oxygen atoms in total. The summed E-state index contributed by atoms with van der Waals surface area (Å²) in [7, 11) is 0. The largest absolute Gasteiger partial charge is 0.321 e. The van der Waals surface area contributed by atoms with Gasteiger partial charge in [-0.25, -0.2) is 0 Å². The van der Waals surface area contributed by atoms with Crippen LogP contribution < -0.4 is 5.73 Å². The standard InChI is InChI=1S/C11H13Cl2NO/c1-6(2)10(14)11(15)7-4-3-5-8(12)9(7)13/h3-6,10H,14H2,1-2H3. The third kappa shape index (κ3) is 2.71. The van der Waals surface area contributed by atoms with Crippen molar-refractivity contribution < 1.29 is 4.79 Å². The zero-order valence-corrected chi connectivity index (χ0v) is 10.1. The lowest BCUT2D eigenvalue weighted by molar-refractivity contribution is 0.0941. The number of rotatable bonds is 3. The molecule has 4 heteroatoms. The highest BCUT2D eigenvalue weighted by Crippen LogP contribution is 2.26. The topological polar surface area (TPSA) is 43.1 Å². The molecular weight excluding hydrogens is 233 g/mol. The van der Waals surface area contributed by atoms with Crippen LogP contribution in [0.2, 0.25) is 10.0 Å². The van der Waals surface area contributed by atoms with Crippen LogP contribution in [0.4, 0.5) is 0 Å². The Balaban J connectivity index is 3.07. The minimum Gasteiger partial charge on any atom is -0.321 e. The highest BCUT2D eigenvalue weighted by molar-refractivity contribution is 6.44. The van der Waals surface area contributed by atoms with Crippen LogP contribution in [0.1, 0.15) is 24.2 Å². The Morgan fingerprint density at radius 3 is 2.47 bits per heavy atom. The van der Waals surface area contributed by atoms with E-state index in [0.29, 0.717) is 10.6 Å². The van der Waals surface area contributed by atoms with Crippen LogP contribution in [0, 0.1) is 5.92 Å². The summed E-state index contributed by atoms with van der Waals surface area (Å²) in [6.45, 7) is 3.78. The highest BCUT2D eigenvalue weighted by atomic mass is 35.5. The first-order chi connectivity index (χ1) is 6.95. The fraction of sp³-hybridized carbons (Fsp3) is 0.364. The van der Waals surface area contributed by atoms with Crippen LogP contribution in [-0.4, -0.2) is 11.8 Å². The number of ketones is 1. The molecule has 1 aromatic rings. The maximum Gasteiger partial charge on any atom is 0.181 e. The summed E-state index contributed by atoms with van der Waals surface area (Å²) in [6, 6.07) is 4.43. The summed E-state index contributed by atoms with van der Waals surface area (Å²) in [6.07, 6.45) is 0. The molecule has 0 saturated carbocycles. The monoisotopic (exact) mass is 245 g/mol. The van der Waals surface area contributed by atoms with E-state index in [4.69, 9.17) is 28.9 Å². The minimum absolute atomic E-state index is 0.0764. The van der Waals surface area contributed by atoms with Crippen molar-refractivity contribution >= 4 is 29.0 Å². The minimum atomic E-state index is -0.541. The van der Waals surface area contributed by atoms with Gasteiger partial charge in [0.2, 0.25) is 0 Å². The van der Waals surface area contributed by atoms with E-state index in [9.17, 15) is 4.79 Å². The molecular formula is C11H13Cl2NO. The molecule has 0 radical (unpaired) electrons. The second-order valence-electron chi connectivity index (χ2n) is 3.74. The molecule has 0 saturated heterocycles. The zero-order chi connectivity index (χ0) is 11.6.